The second-order valence-electron chi connectivity index (χ2n) is 4.15. The molecule has 17 heavy (non-hydrogen) atoms. The first kappa shape index (κ1) is 13.7. The number of halogens is 1. The highest BCUT2D eigenvalue weighted by Crippen LogP contribution is 2.09. The number of nitrogens with one attached hydrogen (secondary N) is 1. The fraction of sp³-hybridized carbons (Fsp3) is 0.500. The minimum absolute atomic E-state index is 0.0646. The van der Waals surface area contributed by atoms with Gasteiger partial charge in [0.1, 0.15) is 5.82 Å². The van der Waals surface area contributed by atoms with Crippen LogP contribution < -0.4 is 5.32 Å². The maximum atomic E-state index is 13.3. The van der Waals surface area contributed by atoms with E-state index < -0.39 is 0 Å². The van der Waals surface area contributed by atoms with Crippen molar-refractivity contribution in [3.63, 3.8) is 0 Å². The number of aryl methyl sites for hydroxylation is 1. The Morgan fingerprint density at radius 2 is 2.06 bits per heavy atom. The van der Waals surface area contributed by atoms with Gasteiger partial charge in [0, 0.05) is 13.0 Å². The molecular weight excluding hydrogens is 217 g/mol. The molecule has 0 aliphatic carbocycles. The predicted molar refractivity (Wildman–Crippen MR) is 67.3 cm³/mol. The van der Waals surface area contributed by atoms with Crippen LogP contribution in [0.1, 0.15) is 38.2 Å². The molecule has 94 valence electrons. The Bertz CT molecular complexity index is 352. The normalized spacial score (nSPS) is 10.2. The van der Waals surface area contributed by atoms with Crippen molar-refractivity contribution < 1.29 is 9.18 Å². The number of hydrogen-bond acceptors (Lipinski definition) is 1. The molecule has 0 spiro atoms. The van der Waals surface area contributed by atoms with Gasteiger partial charge in [-0.3, -0.25) is 4.79 Å². The molecule has 0 radical (unpaired) electrons. The van der Waals surface area contributed by atoms with Crippen LogP contribution in [0.3, 0.4) is 0 Å². The zero-order chi connectivity index (χ0) is 12.5. The van der Waals surface area contributed by atoms with Crippen LogP contribution in [0.4, 0.5) is 4.39 Å². The molecule has 1 aromatic carbocycles. The van der Waals surface area contributed by atoms with Crippen LogP contribution in [0.5, 0.6) is 0 Å². The maximum absolute atomic E-state index is 13.3. The van der Waals surface area contributed by atoms with Crippen molar-refractivity contribution >= 4 is 5.91 Å². The van der Waals surface area contributed by atoms with Crippen LogP contribution >= 0.6 is 0 Å². The predicted octanol–water partition coefficient (Wildman–Crippen LogP) is 3.06. The van der Waals surface area contributed by atoms with E-state index in [1.807, 2.05) is 6.07 Å². The molecule has 1 amide bonds. The third kappa shape index (κ3) is 5.48. The fourth-order valence-corrected chi connectivity index (χ4v) is 1.63. The minimum atomic E-state index is -0.182. The van der Waals surface area contributed by atoms with Gasteiger partial charge >= 0.3 is 0 Å². The van der Waals surface area contributed by atoms with E-state index in [0.29, 0.717) is 24.8 Å². The summed E-state index contributed by atoms with van der Waals surface area (Å²) in [7, 11) is 0. The monoisotopic (exact) mass is 237 g/mol. The largest absolute Gasteiger partial charge is 0.356 e. The number of carbonyl (C=O) groups excluding carboxylic acids is 1. The Morgan fingerprint density at radius 3 is 2.76 bits per heavy atom. The highest BCUT2D eigenvalue weighted by molar-refractivity contribution is 5.75. The molecule has 0 atom stereocenters. The quantitative estimate of drug-likeness (QED) is 0.725. The number of amides is 1. The lowest BCUT2D eigenvalue weighted by atomic mass is 10.1. The van der Waals surface area contributed by atoms with Gasteiger partial charge in [0.15, 0.2) is 0 Å². The molecule has 0 fully saturated rings. The summed E-state index contributed by atoms with van der Waals surface area (Å²) in [5, 5.41) is 2.85. The van der Waals surface area contributed by atoms with E-state index in [1.54, 1.807) is 12.1 Å². The highest BCUT2D eigenvalue weighted by atomic mass is 19.1. The Balaban J connectivity index is 2.19. The van der Waals surface area contributed by atoms with Gasteiger partial charge in [-0.15, -0.1) is 0 Å². The van der Waals surface area contributed by atoms with Gasteiger partial charge in [0.25, 0.3) is 0 Å². The van der Waals surface area contributed by atoms with E-state index in [2.05, 4.69) is 12.2 Å². The summed E-state index contributed by atoms with van der Waals surface area (Å²) in [6, 6.07) is 6.72. The van der Waals surface area contributed by atoms with Crippen LogP contribution in [0.15, 0.2) is 24.3 Å². The Morgan fingerprint density at radius 1 is 1.29 bits per heavy atom. The molecule has 2 nitrogen and oxygen atoms in total. The molecule has 1 N–H and O–H groups in total. The van der Waals surface area contributed by atoms with Crippen molar-refractivity contribution in [2.75, 3.05) is 6.54 Å². The SMILES string of the molecule is CCCCNC(=O)CCCc1ccccc1F. The first-order chi connectivity index (χ1) is 8.24. The molecule has 0 heterocycles. The Labute approximate surface area is 102 Å². The van der Waals surface area contributed by atoms with Crippen LogP contribution in [-0.2, 0) is 11.2 Å². The topological polar surface area (TPSA) is 29.1 Å². The summed E-state index contributed by atoms with van der Waals surface area (Å²) in [6.07, 6.45) is 3.87. The Hall–Kier alpha value is -1.38. The van der Waals surface area contributed by atoms with Crippen LogP contribution in [0.25, 0.3) is 0 Å². The first-order valence-electron chi connectivity index (χ1n) is 6.24. The molecule has 1 rings (SSSR count). The Kier molecular flexibility index (Phi) is 6.30. The van der Waals surface area contributed by atoms with Gasteiger partial charge in [-0.2, -0.15) is 0 Å². The number of carbonyl (C=O) groups is 1. The van der Waals surface area contributed by atoms with Gasteiger partial charge in [-0.1, -0.05) is 31.5 Å². The molecule has 0 unspecified atom stereocenters. The van der Waals surface area contributed by atoms with Crippen molar-refractivity contribution in [2.24, 2.45) is 0 Å². The molecule has 0 bridgehead atoms. The van der Waals surface area contributed by atoms with Gasteiger partial charge in [0.05, 0.1) is 0 Å². The van der Waals surface area contributed by atoms with Crippen LogP contribution in [-0.4, -0.2) is 12.5 Å². The average Bonchev–Trinajstić information content (AvgIpc) is 2.32. The zero-order valence-electron chi connectivity index (χ0n) is 10.3. The van der Waals surface area contributed by atoms with Crippen LogP contribution in [0, 0.1) is 5.82 Å². The van der Waals surface area contributed by atoms with Crippen molar-refractivity contribution in [1.29, 1.82) is 0 Å². The molecule has 0 aliphatic heterocycles. The van der Waals surface area contributed by atoms with Crippen molar-refractivity contribution in [3.8, 4) is 0 Å². The van der Waals surface area contributed by atoms with Crippen LogP contribution in [0.2, 0.25) is 0 Å². The molecule has 3 heteroatoms. The van der Waals surface area contributed by atoms with Gasteiger partial charge in [0.2, 0.25) is 5.91 Å². The summed E-state index contributed by atoms with van der Waals surface area (Å²) >= 11 is 0. The number of hydrogen-bond donors (Lipinski definition) is 1. The van der Waals surface area contributed by atoms with Crippen molar-refractivity contribution in [1.82, 2.24) is 5.32 Å². The summed E-state index contributed by atoms with van der Waals surface area (Å²) < 4.78 is 13.3. The number of benzene rings is 1. The highest BCUT2D eigenvalue weighted by Gasteiger charge is 2.03. The molecule has 0 aromatic heterocycles. The standard InChI is InChI=1S/C14H20FNO/c1-2-3-11-16-14(17)10-6-8-12-7-4-5-9-13(12)15/h4-5,7,9H,2-3,6,8,10-11H2,1H3,(H,16,17). The molecular formula is C14H20FNO. The zero-order valence-corrected chi connectivity index (χ0v) is 10.3. The molecule has 0 saturated heterocycles. The molecule has 0 aliphatic rings. The van der Waals surface area contributed by atoms with Crippen molar-refractivity contribution in [2.45, 2.75) is 39.0 Å². The third-order valence-electron chi connectivity index (χ3n) is 2.66. The lowest BCUT2D eigenvalue weighted by Gasteiger charge is -2.05. The summed E-state index contributed by atoms with van der Waals surface area (Å²) in [4.78, 5) is 11.4. The summed E-state index contributed by atoms with van der Waals surface area (Å²) in [6.45, 7) is 2.83. The van der Waals surface area contributed by atoms with E-state index in [9.17, 15) is 9.18 Å². The van der Waals surface area contributed by atoms with E-state index in [4.69, 9.17) is 0 Å². The number of unbranched alkanes of at least 4 members (excludes halogenated alkanes) is 1. The lowest BCUT2D eigenvalue weighted by Crippen LogP contribution is -2.24. The smallest absolute Gasteiger partial charge is 0.220 e. The summed E-state index contributed by atoms with van der Waals surface area (Å²) in [5.74, 6) is -0.117. The maximum Gasteiger partial charge on any atom is 0.220 e. The second-order valence-corrected chi connectivity index (χ2v) is 4.15. The van der Waals surface area contributed by atoms with E-state index >= 15 is 0 Å². The second kappa shape index (κ2) is 7.82. The molecule has 1 aromatic rings. The molecule has 0 saturated carbocycles. The van der Waals surface area contributed by atoms with Gasteiger partial charge in [-0.05, 0) is 30.9 Å². The third-order valence-corrected chi connectivity index (χ3v) is 2.66. The first-order valence-corrected chi connectivity index (χ1v) is 6.24. The van der Waals surface area contributed by atoms with E-state index in [-0.39, 0.29) is 11.7 Å². The van der Waals surface area contributed by atoms with E-state index in [0.717, 1.165) is 19.4 Å². The lowest BCUT2D eigenvalue weighted by molar-refractivity contribution is -0.121. The van der Waals surface area contributed by atoms with E-state index in [1.165, 1.54) is 6.07 Å². The number of rotatable bonds is 7. The van der Waals surface area contributed by atoms with Crippen molar-refractivity contribution in [3.05, 3.63) is 35.6 Å². The minimum Gasteiger partial charge on any atom is -0.356 e. The fourth-order valence-electron chi connectivity index (χ4n) is 1.63. The summed E-state index contributed by atoms with van der Waals surface area (Å²) in [5.41, 5.74) is 0.689. The average molecular weight is 237 g/mol. The van der Waals surface area contributed by atoms with Gasteiger partial charge < -0.3 is 5.32 Å². The van der Waals surface area contributed by atoms with Gasteiger partial charge in [-0.25, -0.2) is 4.39 Å².